The summed E-state index contributed by atoms with van der Waals surface area (Å²) < 4.78 is 45.7. The summed E-state index contributed by atoms with van der Waals surface area (Å²) in [4.78, 5) is -0.0371. The van der Waals surface area contributed by atoms with E-state index in [1.165, 1.54) is 19.9 Å². The standard InChI is InChI=1S/C13H13Cl2FN2O3S/c1-6(9-4-12(16)11(15)5-10(9)14)18-22(19,20)13-7(2)17-21-8(13)3/h4-6,18H,1-3H3/t6-/m0/s1. The molecule has 1 atom stereocenters. The minimum Gasteiger partial charge on any atom is -0.360 e. The van der Waals surface area contributed by atoms with Crippen molar-refractivity contribution in [3.05, 3.63) is 45.0 Å². The fourth-order valence-electron chi connectivity index (χ4n) is 2.08. The minimum absolute atomic E-state index is 0.0371. The normalized spacial score (nSPS) is 13.4. The highest BCUT2D eigenvalue weighted by Crippen LogP contribution is 2.30. The predicted octanol–water partition coefficient (Wildman–Crippen LogP) is 3.78. The molecule has 1 aromatic carbocycles. The summed E-state index contributed by atoms with van der Waals surface area (Å²) in [5.74, 6) is -0.505. The van der Waals surface area contributed by atoms with Crippen LogP contribution in [0, 0.1) is 19.7 Å². The summed E-state index contributed by atoms with van der Waals surface area (Å²) in [5.41, 5.74) is 0.518. The number of sulfonamides is 1. The number of aromatic nitrogens is 1. The maximum atomic E-state index is 13.6. The lowest BCUT2D eigenvalue weighted by Gasteiger charge is -2.16. The van der Waals surface area contributed by atoms with Crippen LogP contribution in [-0.4, -0.2) is 13.6 Å². The van der Waals surface area contributed by atoms with E-state index in [2.05, 4.69) is 9.88 Å². The molecule has 0 saturated heterocycles. The number of hydrogen-bond donors (Lipinski definition) is 1. The van der Waals surface area contributed by atoms with Crippen molar-refractivity contribution in [1.29, 1.82) is 0 Å². The Morgan fingerprint density at radius 3 is 2.45 bits per heavy atom. The molecule has 22 heavy (non-hydrogen) atoms. The molecule has 0 aliphatic heterocycles. The van der Waals surface area contributed by atoms with Crippen LogP contribution in [-0.2, 0) is 10.0 Å². The third-order valence-corrected chi connectivity index (χ3v) is 5.48. The number of benzene rings is 1. The van der Waals surface area contributed by atoms with E-state index < -0.39 is 21.9 Å². The summed E-state index contributed by atoms with van der Waals surface area (Å²) in [6.07, 6.45) is 0. The Hall–Kier alpha value is -1.15. The first kappa shape index (κ1) is 17.2. The van der Waals surface area contributed by atoms with E-state index in [0.29, 0.717) is 0 Å². The molecule has 9 heteroatoms. The van der Waals surface area contributed by atoms with Gasteiger partial charge in [0.2, 0.25) is 10.0 Å². The van der Waals surface area contributed by atoms with Crippen LogP contribution in [0.4, 0.5) is 4.39 Å². The smallest absolute Gasteiger partial charge is 0.246 e. The second-order valence-electron chi connectivity index (χ2n) is 4.78. The van der Waals surface area contributed by atoms with Crippen LogP contribution in [0.15, 0.2) is 21.6 Å². The van der Waals surface area contributed by atoms with Crippen molar-refractivity contribution >= 4 is 33.2 Å². The number of nitrogens with zero attached hydrogens (tertiary/aromatic N) is 1. The maximum absolute atomic E-state index is 13.6. The van der Waals surface area contributed by atoms with Crippen LogP contribution in [0.2, 0.25) is 10.0 Å². The molecule has 0 saturated carbocycles. The van der Waals surface area contributed by atoms with E-state index in [0.717, 1.165) is 6.07 Å². The van der Waals surface area contributed by atoms with Gasteiger partial charge in [0.25, 0.3) is 0 Å². The molecule has 1 heterocycles. The first-order valence-electron chi connectivity index (χ1n) is 6.23. The van der Waals surface area contributed by atoms with Crippen LogP contribution in [0.5, 0.6) is 0 Å². The Labute approximate surface area is 137 Å². The zero-order chi connectivity index (χ0) is 16.7. The lowest BCUT2D eigenvalue weighted by atomic mass is 10.1. The fourth-order valence-corrected chi connectivity index (χ4v) is 4.18. The van der Waals surface area contributed by atoms with Crippen LogP contribution in [0.1, 0.15) is 30.0 Å². The van der Waals surface area contributed by atoms with E-state index in [-0.39, 0.29) is 32.0 Å². The van der Waals surface area contributed by atoms with Crippen molar-refractivity contribution in [2.45, 2.75) is 31.7 Å². The van der Waals surface area contributed by atoms with Gasteiger partial charge in [-0.3, -0.25) is 0 Å². The SMILES string of the molecule is Cc1noc(C)c1S(=O)(=O)N[C@@H](C)c1cc(F)c(Cl)cc1Cl. The van der Waals surface area contributed by atoms with E-state index in [1.54, 1.807) is 6.92 Å². The van der Waals surface area contributed by atoms with Crippen molar-refractivity contribution in [3.63, 3.8) is 0 Å². The van der Waals surface area contributed by atoms with E-state index in [1.807, 2.05) is 0 Å². The molecule has 120 valence electrons. The van der Waals surface area contributed by atoms with Crippen molar-refractivity contribution < 1.29 is 17.3 Å². The quantitative estimate of drug-likeness (QED) is 0.835. The van der Waals surface area contributed by atoms with Gasteiger partial charge in [-0.15, -0.1) is 0 Å². The average Bonchev–Trinajstić information content (AvgIpc) is 2.73. The largest absolute Gasteiger partial charge is 0.360 e. The number of hydrogen-bond acceptors (Lipinski definition) is 4. The van der Waals surface area contributed by atoms with Crippen molar-refractivity contribution in [1.82, 2.24) is 9.88 Å². The van der Waals surface area contributed by atoms with Crippen LogP contribution >= 0.6 is 23.2 Å². The summed E-state index contributed by atoms with van der Waals surface area (Å²) in [6.45, 7) is 4.56. The molecule has 0 radical (unpaired) electrons. The summed E-state index contributed by atoms with van der Waals surface area (Å²) >= 11 is 11.6. The molecule has 0 spiro atoms. The van der Waals surface area contributed by atoms with E-state index >= 15 is 0 Å². The molecule has 0 bridgehead atoms. The Kier molecular flexibility index (Phi) is 4.81. The predicted molar refractivity (Wildman–Crippen MR) is 81.1 cm³/mol. The van der Waals surface area contributed by atoms with Gasteiger partial charge in [-0.25, -0.2) is 17.5 Å². The summed E-state index contributed by atoms with van der Waals surface area (Å²) in [6, 6.07) is 1.57. The van der Waals surface area contributed by atoms with Gasteiger partial charge in [0.1, 0.15) is 16.4 Å². The van der Waals surface area contributed by atoms with Gasteiger partial charge in [0.15, 0.2) is 5.76 Å². The summed E-state index contributed by atoms with van der Waals surface area (Å²) in [5, 5.41) is 3.65. The molecule has 0 aliphatic rings. The monoisotopic (exact) mass is 366 g/mol. The van der Waals surface area contributed by atoms with Crippen LogP contribution in [0.25, 0.3) is 0 Å². The van der Waals surface area contributed by atoms with Gasteiger partial charge < -0.3 is 4.52 Å². The zero-order valence-electron chi connectivity index (χ0n) is 11.9. The molecule has 5 nitrogen and oxygen atoms in total. The van der Waals surface area contributed by atoms with Crippen molar-refractivity contribution in [2.75, 3.05) is 0 Å². The Bertz CT molecular complexity index is 801. The van der Waals surface area contributed by atoms with Crippen molar-refractivity contribution in [3.8, 4) is 0 Å². The third-order valence-electron chi connectivity index (χ3n) is 3.07. The maximum Gasteiger partial charge on any atom is 0.246 e. The molecule has 0 fully saturated rings. The number of halogens is 3. The molecule has 1 N–H and O–H groups in total. The molecule has 2 aromatic rings. The molecule has 0 amide bonds. The topological polar surface area (TPSA) is 72.2 Å². The molecule has 0 unspecified atom stereocenters. The highest BCUT2D eigenvalue weighted by molar-refractivity contribution is 7.89. The molecule has 2 rings (SSSR count). The Morgan fingerprint density at radius 2 is 1.91 bits per heavy atom. The van der Waals surface area contributed by atoms with Gasteiger partial charge in [-0.05, 0) is 38.5 Å². The fraction of sp³-hybridized carbons (Fsp3) is 0.308. The van der Waals surface area contributed by atoms with Gasteiger partial charge in [0, 0.05) is 11.1 Å². The average molecular weight is 367 g/mol. The highest BCUT2D eigenvalue weighted by Gasteiger charge is 2.27. The first-order valence-corrected chi connectivity index (χ1v) is 8.47. The van der Waals surface area contributed by atoms with Gasteiger partial charge in [-0.2, -0.15) is 0 Å². The van der Waals surface area contributed by atoms with Crippen LogP contribution < -0.4 is 4.72 Å². The van der Waals surface area contributed by atoms with E-state index in [4.69, 9.17) is 27.7 Å². The van der Waals surface area contributed by atoms with Crippen molar-refractivity contribution in [2.24, 2.45) is 0 Å². The second kappa shape index (κ2) is 6.16. The zero-order valence-corrected chi connectivity index (χ0v) is 14.3. The van der Waals surface area contributed by atoms with Gasteiger partial charge >= 0.3 is 0 Å². The van der Waals surface area contributed by atoms with Gasteiger partial charge in [-0.1, -0.05) is 28.4 Å². The third kappa shape index (κ3) is 3.27. The number of aryl methyl sites for hydroxylation is 2. The molecular formula is C13H13Cl2FN2O3S. The molecule has 0 aliphatic carbocycles. The molecule has 1 aromatic heterocycles. The lowest BCUT2D eigenvalue weighted by molar-refractivity contribution is 0.390. The minimum atomic E-state index is -3.89. The number of rotatable bonds is 4. The second-order valence-corrected chi connectivity index (χ2v) is 7.25. The van der Waals surface area contributed by atoms with Crippen LogP contribution in [0.3, 0.4) is 0 Å². The Balaban J connectivity index is 2.37. The highest BCUT2D eigenvalue weighted by atomic mass is 35.5. The summed E-state index contributed by atoms with van der Waals surface area (Å²) in [7, 11) is -3.89. The Morgan fingerprint density at radius 1 is 1.27 bits per heavy atom. The molecular weight excluding hydrogens is 354 g/mol. The lowest BCUT2D eigenvalue weighted by Crippen LogP contribution is -2.28. The number of nitrogens with one attached hydrogen (secondary N) is 1. The van der Waals surface area contributed by atoms with Gasteiger partial charge in [0.05, 0.1) is 5.02 Å². The van der Waals surface area contributed by atoms with E-state index in [9.17, 15) is 12.8 Å². The first-order chi connectivity index (χ1) is 10.1.